The Hall–Kier alpha value is -1.29. The highest BCUT2D eigenvalue weighted by molar-refractivity contribution is 7.07. The molecule has 0 bridgehead atoms. The molecule has 0 atom stereocenters. The Morgan fingerprint density at radius 2 is 2.50 bits per heavy atom. The fraction of sp³-hybridized carbons (Fsp3) is 0.125. The van der Waals surface area contributed by atoms with Crippen molar-refractivity contribution in [1.29, 1.82) is 0 Å². The van der Waals surface area contributed by atoms with E-state index in [4.69, 9.17) is 4.42 Å². The molecule has 0 unspecified atom stereocenters. The fourth-order valence-electron chi connectivity index (χ4n) is 0.987. The van der Waals surface area contributed by atoms with Crippen LogP contribution in [0.5, 0.6) is 0 Å². The highest BCUT2D eigenvalue weighted by Crippen LogP contribution is 2.02. The molecular weight excluding hydrogens is 174 g/mol. The number of hydrogen-bond acceptors (Lipinski definition) is 3. The molecule has 0 aliphatic carbocycles. The van der Waals surface area contributed by atoms with E-state index in [0.717, 1.165) is 5.56 Å². The Bertz CT molecular complexity index is 399. The van der Waals surface area contributed by atoms with Gasteiger partial charge in [-0.1, -0.05) is 11.3 Å². The van der Waals surface area contributed by atoms with Crippen molar-refractivity contribution >= 4 is 11.3 Å². The maximum atomic E-state index is 11.1. The van der Waals surface area contributed by atoms with Gasteiger partial charge in [-0.15, -0.1) is 0 Å². The maximum Gasteiger partial charge on any atom is 0.307 e. The second-order valence-electron chi connectivity index (χ2n) is 2.43. The number of furan rings is 1. The van der Waals surface area contributed by atoms with E-state index in [-0.39, 0.29) is 4.87 Å². The van der Waals surface area contributed by atoms with Crippen molar-refractivity contribution in [2.24, 2.45) is 0 Å². The Labute approximate surface area is 72.9 Å². The summed E-state index contributed by atoms with van der Waals surface area (Å²) in [5.41, 5.74) is 1.01. The minimum absolute atomic E-state index is 0.0659. The van der Waals surface area contributed by atoms with Gasteiger partial charge in [0.05, 0.1) is 19.1 Å². The molecule has 0 saturated heterocycles. The average Bonchev–Trinajstić information content (AvgIpc) is 2.65. The van der Waals surface area contributed by atoms with Crippen molar-refractivity contribution in [3.05, 3.63) is 45.4 Å². The summed E-state index contributed by atoms with van der Waals surface area (Å²) in [6.45, 7) is 0.596. The van der Waals surface area contributed by atoms with E-state index in [1.165, 1.54) is 11.3 Å². The van der Waals surface area contributed by atoms with Crippen LogP contribution >= 0.6 is 11.3 Å². The Morgan fingerprint density at radius 1 is 1.58 bits per heavy atom. The van der Waals surface area contributed by atoms with Gasteiger partial charge in [0.25, 0.3) is 0 Å². The lowest BCUT2D eigenvalue weighted by Crippen LogP contribution is -2.11. The van der Waals surface area contributed by atoms with Crippen LogP contribution in [0.3, 0.4) is 0 Å². The van der Waals surface area contributed by atoms with E-state index >= 15 is 0 Å². The predicted molar refractivity (Wildman–Crippen MR) is 46.4 cm³/mol. The molecule has 0 aromatic carbocycles. The largest absolute Gasteiger partial charge is 0.472 e. The lowest BCUT2D eigenvalue weighted by Gasteiger charge is -1.94. The summed E-state index contributed by atoms with van der Waals surface area (Å²) in [6, 6.07) is 1.85. The smallest absolute Gasteiger partial charge is 0.307 e. The van der Waals surface area contributed by atoms with Gasteiger partial charge in [-0.2, -0.15) is 0 Å². The van der Waals surface area contributed by atoms with Crippen LogP contribution in [-0.2, 0) is 6.54 Å². The third kappa shape index (κ3) is 1.33. The molecule has 2 aromatic rings. The Morgan fingerprint density at radius 3 is 3.08 bits per heavy atom. The van der Waals surface area contributed by atoms with E-state index in [1.807, 2.05) is 6.07 Å². The zero-order chi connectivity index (χ0) is 8.39. The molecule has 0 aliphatic rings. The molecule has 0 spiro atoms. The van der Waals surface area contributed by atoms with Gasteiger partial charge in [0, 0.05) is 17.1 Å². The van der Waals surface area contributed by atoms with Gasteiger partial charge in [-0.05, 0) is 6.07 Å². The molecule has 2 rings (SSSR count). The van der Waals surface area contributed by atoms with Crippen molar-refractivity contribution in [1.82, 2.24) is 4.57 Å². The number of hydrogen-bond donors (Lipinski definition) is 0. The monoisotopic (exact) mass is 181 g/mol. The van der Waals surface area contributed by atoms with Crippen LogP contribution in [0.4, 0.5) is 0 Å². The summed E-state index contributed by atoms with van der Waals surface area (Å²) >= 11 is 1.20. The molecule has 0 amide bonds. The molecule has 0 fully saturated rings. The van der Waals surface area contributed by atoms with Gasteiger partial charge in [0.2, 0.25) is 0 Å². The molecule has 0 radical (unpaired) electrons. The van der Waals surface area contributed by atoms with Crippen LogP contribution in [0, 0.1) is 0 Å². The minimum atomic E-state index is 0.0659. The topological polar surface area (TPSA) is 35.1 Å². The first-order valence-corrected chi connectivity index (χ1v) is 4.39. The third-order valence-corrected chi connectivity index (χ3v) is 2.27. The molecule has 12 heavy (non-hydrogen) atoms. The van der Waals surface area contributed by atoms with Gasteiger partial charge in [0.1, 0.15) is 0 Å². The Balaban J connectivity index is 2.25. The van der Waals surface area contributed by atoms with Crippen molar-refractivity contribution in [2.45, 2.75) is 6.54 Å². The fourth-order valence-corrected chi connectivity index (χ4v) is 1.57. The zero-order valence-electron chi connectivity index (χ0n) is 6.27. The van der Waals surface area contributed by atoms with Crippen LogP contribution in [0.2, 0.25) is 0 Å². The SMILES string of the molecule is O=c1sccn1Cc1ccoc1. The molecule has 0 N–H and O–H groups in total. The van der Waals surface area contributed by atoms with Gasteiger partial charge < -0.3 is 8.98 Å². The molecule has 4 heteroatoms. The van der Waals surface area contributed by atoms with E-state index in [0.29, 0.717) is 6.54 Å². The van der Waals surface area contributed by atoms with E-state index in [1.54, 1.807) is 28.7 Å². The predicted octanol–water partition coefficient (Wildman–Crippen LogP) is 1.55. The second-order valence-corrected chi connectivity index (χ2v) is 3.29. The highest BCUT2D eigenvalue weighted by atomic mass is 32.1. The number of thiazole rings is 1. The second kappa shape index (κ2) is 2.98. The molecule has 3 nitrogen and oxygen atoms in total. The standard InChI is InChI=1S/C8H7NO2S/c10-8-9(2-4-12-8)5-7-1-3-11-6-7/h1-4,6H,5H2. The summed E-state index contributed by atoms with van der Waals surface area (Å²) in [6.07, 6.45) is 5.02. The van der Waals surface area contributed by atoms with Crippen LogP contribution < -0.4 is 4.87 Å². The van der Waals surface area contributed by atoms with E-state index in [9.17, 15) is 4.79 Å². The van der Waals surface area contributed by atoms with Gasteiger partial charge in [-0.25, -0.2) is 0 Å². The zero-order valence-corrected chi connectivity index (χ0v) is 7.08. The summed E-state index contributed by atoms with van der Waals surface area (Å²) in [5.74, 6) is 0. The number of nitrogens with zero attached hydrogens (tertiary/aromatic N) is 1. The summed E-state index contributed by atoms with van der Waals surface area (Å²) in [7, 11) is 0. The van der Waals surface area contributed by atoms with Crippen LogP contribution in [0.15, 0.2) is 39.4 Å². The molecule has 62 valence electrons. The lowest BCUT2D eigenvalue weighted by atomic mass is 10.3. The van der Waals surface area contributed by atoms with E-state index in [2.05, 4.69) is 0 Å². The first kappa shape index (κ1) is 7.36. The normalized spacial score (nSPS) is 10.3. The molecule has 2 heterocycles. The average molecular weight is 181 g/mol. The lowest BCUT2D eigenvalue weighted by molar-refractivity contribution is 0.562. The molecular formula is C8H7NO2S. The quantitative estimate of drug-likeness (QED) is 0.704. The first-order valence-electron chi connectivity index (χ1n) is 3.51. The van der Waals surface area contributed by atoms with Crippen molar-refractivity contribution < 1.29 is 4.42 Å². The highest BCUT2D eigenvalue weighted by Gasteiger charge is 1.98. The number of rotatable bonds is 2. The first-order chi connectivity index (χ1) is 5.86. The molecule has 0 saturated carbocycles. The van der Waals surface area contributed by atoms with Crippen molar-refractivity contribution in [3.8, 4) is 0 Å². The van der Waals surface area contributed by atoms with Gasteiger partial charge >= 0.3 is 4.87 Å². The molecule has 0 aliphatic heterocycles. The third-order valence-electron chi connectivity index (χ3n) is 1.58. The van der Waals surface area contributed by atoms with Crippen LogP contribution in [0.25, 0.3) is 0 Å². The van der Waals surface area contributed by atoms with E-state index < -0.39 is 0 Å². The maximum absolute atomic E-state index is 11.1. The Kier molecular flexibility index (Phi) is 1.83. The summed E-state index contributed by atoms with van der Waals surface area (Å²) in [4.78, 5) is 11.2. The van der Waals surface area contributed by atoms with Crippen molar-refractivity contribution in [2.75, 3.05) is 0 Å². The summed E-state index contributed by atoms with van der Waals surface area (Å²) < 4.78 is 6.54. The van der Waals surface area contributed by atoms with Crippen molar-refractivity contribution in [3.63, 3.8) is 0 Å². The number of aromatic nitrogens is 1. The molecule has 2 aromatic heterocycles. The summed E-state index contributed by atoms with van der Waals surface area (Å²) in [5, 5.41) is 1.78. The van der Waals surface area contributed by atoms with Gasteiger partial charge in [-0.3, -0.25) is 4.79 Å². The minimum Gasteiger partial charge on any atom is -0.472 e. The van der Waals surface area contributed by atoms with Crippen LogP contribution in [-0.4, -0.2) is 4.57 Å². The van der Waals surface area contributed by atoms with Crippen LogP contribution in [0.1, 0.15) is 5.56 Å². The van der Waals surface area contributed by atoms with Gasteiger partial charge in [0.15, 0.2) is 0 Å².